The number of carbonyl (C=O) groups is 4. The number of carboxylic acids is 1. The zero-order valence-corrected chi connectivity index (χ0v) is 26.7. The summed E-state index contributed by atoms with van der Waals surface area (Å²) in [6, 6.07) is 20.1. The van der Waals surface area contributed by atoms with Crippen LogP contribution in [0.15, 0.2) is 78.9 Å². The van der Waals surface area contributed by atoms with Crippen LogP contribution in [0.2, 0.25) is 0 Å². The van der Waals surface area contributed by atoms with Gasteiger partial charge >= 0.3 is 12.1 Å². The van der Waals surface area contributed by atoms with Crippen LogP contribution in [0.4, 0.5) is 4.79 Å². The Balaban J connectivity index is 1.43. The summed E-state index contributed by atoms with van der Waals surface area (Å²) in [4.78, 5) is 52.6. The third kappa shape index (κ3) is 8.13. The molecule has 0 bridgehead atoms. The highest BCUT2D eigenvalue weighted by Crippen LogP contribution is 2.45. The van der Waals surface area contributed by atoms with Crippen molar-refractivity contribution in [3.05, 3.63) is 84.4 Å². The van der Waals surface area contributed by atoms with Crippen LogP contribution in [-0.4, -0.2) is 52.2 Å². The van der Waals surface area contributed by atoms with E-state index in [0.717, 1.165) is 46.7 Å². The van der Waals surface area contributed by atoms with E-state index in [1.54, 1.807) is 20.8 Å². The van der Waals surface area contributed by atoms with Crippen LogP contribution in [-0.2, 0) is 25.5 Å². The van der Waals surface area contributed by atoms with Gasteiger partial charge in [0.1, 0.15) is 23.2 Å². The Kier molecular flexibility index (Phi) is 9.79. The van der Waals surface area contributed by atoms with Gasteiger partial charge in [-0.2, -0.15) is 0 Å². The molecule has 9 nitrogen and oxygen atoms in total. The maximum Gasteiger partial charge on any atom is 0.408 e. The van der Waals surface area contributed by atoms with Gasteiger partial charge in [-0.3, -0.25) is 9.59 Å². The topological polar surface area (TPSA) is 134 Å². The molecule has 3 amide bonds. The zero-order valence-electron chi connectivity index (χ0n) is 26.7. The minimum absolute atomic E-state index is 0.119. The van der Waals surface area contributed by atoms with Crippen molar-refractivity contribution in [2.75, 3.05) is 0 Å². The first-order valence-corrected chi connectivity index (χ1v) is 16.0. The largest absolute Gasteiger partial charge is 0.479 e. The molecule has 3 aromatic rings. The first-order valence-electron chi connectivity index (χ1n) is 16.0. The molecule has 5 rings (SSSR count). The SMILES string of the molecule is CC(C)(C)OC(=O)NC1CCCCC/C=C\[C@@H]2C[C@@]2(C(=O)O)NC(=O)[C@H](Cc2cccc(-c3ccc4ccccc4c3)c2)NC1=O. The predicted molar refractivity (Wildman–Crippen MR) is 177 cm³/mol. The highest BCUT2D eigenvalue weighted by atomic mass is 16.6. The summed E-state index contributed by atoms with van der Waals surface area (Å²) in [6.07, 6.45) is 7.00. The van der Waals surface area contributed by atoms with Crippen molar-refractivity contribution >= 4 is 34.6 Å². The standard InChI is InChI=1S/C37H43N3O6/c1-36(2,3)46-35(45)39-30-17-8-6-4-5-7-16-29-23-37(29,34(43)44)40-33(42)31(38-32(30)41)21-24-12-11-15-26(20-24)28-19-18-25-13-9-10-14-27(25)22-28/h7,9-16,18-20,22,29-31H,4-6,8,17,21,23H2,1-3H3,(H,38,41)(H,39,45)(H,40,42)(H,43,44)/b16-7-/t29-,30?,31+,37-/m1/s1. The highest BCUT2D eigenvalue weighted by Gasteiger charge is 2.60. The number of amides is 3. The molecule has 0 radical (unpaired) electrons. The number of alkyl carbamates (subject to hydrolysis) is 1. The van der Waals surface area contributed by atoms with Crippen LogP contribution in [0.25, 0.3) is 21.9 Å². The Morgan fingerprint density at radius 1 is 0.935 bits per heavy atom. The van der Waals surface area contributed by atoms with E-state index in [4.69, 9.17) is 4.74 Å². The maximum absolute atomic E-state index is 13.8. The molecule has 1 aliphatic heterocycles. The summed E-state index contributed by atoms with van der Waals surface area (Å²) >= 11 is 0. The van der Waals surface area contributed by atoms with Gasteiger partial charge in [0, 0.05) is 12.3 Å². The van der Waals surface area contributed by atoms with Crippen molar-refractivity contribution in [2.45, 2.75) is 88.9 Å². The van der Waals surface area contributed by atoms with Crippen molar-refractivity contribution in [2.24, 2.45) is 5.92 Å². The number of rotatable bonds is 5. The number of carboxylic acid groups (broad SMARTS) is 1. The first-order chi connectivity index (χ1) is 21.9. The van der Waals surface area contributed by atoms with E-state index in [1.165, 1.54) is 0 Å². The molecule has 242 valence electrons. The van der Waals surface area contributed by atoms with Gasteiger partial charge in [0.2, 0.25) is 11.8 Å². The van der Waals surface area contributed by atoms with Gasteiger partial charge in [0.15, 0.2) is 0 Å². The lowest BCUT2D eigenvalue weighted by atomic mass is 9.97. The van der Waals surface area contributed by atoms with Crippen LogP contribution in [0.5, 0.6) is 0 Å². The van der Waals surface area contributed by atoms with Gasteiger partial charge in [-0.1, -0.05) is 85.7 Å². The number of nitrogens with one attached hydrogen (secondary N) is 3. The van der Waals surface area contributed by atoms with Crippen molar-refractivity contribution in [3.63, 3.8) is 0 Å². The quantitative estimate of drug-likeness (QED) is 0.261. The van der Waals surface area contributed by atoms with Gasteiger partial charge in [0.25, 0.3) is 0 Å². The van der Waals surface area contributed by atoms with Crippen molar-refractivity contribution in [3.8, 4) is 11.1 Å². The number of aliphatic carboxylic acids is 1. The fourth-order valence-electron chi connectivity index (χ4n) is 6.00. The number of hydrogen-bond acceptors (Lipinski definition) is 5. The molecule has 1 saturated carbocycles. The minimum Gasteiger partial charge on any atom is -0.479 e. The number of benzene rings is 3. The molecule has 0 saturated heterocycles. The van der Waals surface area contributed by atoms with E-state index in [-0.39, 0.29) is 18.8 Å². The predicted octanol–water partition coefficient (Wildman–Crippen LogP) is 5.91. The Bertz CT molecular complexity index is 1640. The van der Waals surface area contributed by atoms with Crippen LogP contribution in [0, 0.1) is 5.92 Å². The Hall–Kier alpha value is -4.66. The van der Waals surface area contributed by atoms with E-state index < -0.39 is 47.1 Å². The van der Waals surface area contributed by atoms with E-state index in [2.05, 4.69) is 40.2 Å². The first kappa shape index (κ1) is 32.7. The van der Waals surface area contributed by atoms with Crippen molar-refractivity contribution in [1.29, 1.82) is 0 Å². The lowest BCUT2D eigenvalue weighted by Crippen LogP contribution is -2.57. The summed E-state index contributed by atoms with van der Waals surface area (Å²) in [5.74, 6) is -2.55. The van der Waals surface area contributed by atoms with Crippen LogP contribution in [0.1, 0.15) is 64.9 Å². The summed E-state index contributed by atoms with van der Waals surface area (Å²) in [5.41, 5.74) is 0.577. The zero-order chi connectivity index (χ0) is 32.9. The molecular formula is C37H43N3O6. The molecule has 46 heavy (non-hydrogen) atoms. The van der Waals surface area contributed by atoms with Gasteiger partial charge in [0.05, 0.1) is 0 Å². The van der Waals surface area contributed by atoms with Gasteiger partial charge < -0.3 is 25.8 Å². The Morgan fingerprint density at radius 2 is 1.70 bits per heavy atom. The van der Waals surface area contributed by atoms with Gasteiger partial charge in [-0.25, -0.2) is 9.59 Å². The summed E-state index contributed by atoms with van der Waals surface area (Å²) < 4.78 is 5.42. The number of ether oxygens (including phenoxy) is 1. The highest BCUT2D eigenvalue weighted by molar-refractivity contribution is 5.96. The molecule has 1 heterocycles. The number of fused-ring (bicyclic) bond motifs is 2. The van der Waals surface area contributed by atoms with Crippen molar-refractivity contribution < 1.29 is 29.0 Å². The molecule has 0 aromatic heterocycles. The monoisotopic (exact) mass is 625 g/mol. The molecule has 1 aliphatic carbocycles. The molecule has 4 N–H and O–H groups in total. The number of hydrogen-bond donors (Lipinski definition) is 4. The number of allylic oxidation sites excluding steroid dienone is 1. The second-order valence-corrected chi connectivity index (χ2v) is 13.4. The van der Waals surface area contributed by atoms with Gasteiger partial charge in [-0.05, 0) is 80.0 Å². The molecule has 0 spiro atoms. The van der Waals surface area contributed by atoms with Crippen molar-refractivity contribution in [1.82, 2.24) is 16.0 Å². The van der Waals surface area contributed by atoms with E-state index in [9.17, 15) is 24.3 Å². The summed E-state index contributed by atoms with van der Waals surface area (Å²) in [7, 11) is 0. The molecule has 9 heteroatoms. The van der Waals surface area contributed by atoms with E-state index in [1.807, 2.05) is 54.6 Å². The smallest absolute Gasteiger partial charge is 0.408 e. The third-order valence-electron chi connectivity index (χ3n) is 8.56. The van der Waals surface area contributed by atoms with Gasteiger partial charge in [-0.15, -0.1) is 0 Å². The molecule has 3 aromatic carbocycles. The average Bonchev–Trinajstić information content (AvgIpc) is 3.71. The molecule has 4 atom stereocenters. The lowest BCUT2D eigenvalue weighted by molar-refractivity contribution is -0.144. The normalized spacial score (nSPS) is 24.7. The fourth-order valence-corrected chi connectivity index (χ4v) is 6.00. The van der Waals surface area contributed by atoms with Crippen LogP contribution >= 0.6 is 0 Å². The van der Waals surface area contributed by atoms with E-state index in [0.29, 0.717) is 12.8 Å². The summed E-state index contributed by atoms with van der Waals surface area (Å²) in [5, 5.41) is 20.7. The molecule has 2 aliphatic rings. The minimum atomic E-state index is -1.42. The summed E-state index contributed by atoms with van der Waals surface area (Å²) in [6.45, 7) is 5.23. The maximum atomic E-state index is 13.8. The Labute approximate surface area is 269 Å². The molecule has 1 unspecified atom stereocenters. The fraction of sp³-hybridized carbons (Fsp3) is 0.405. The molecule has 1 fully saturated rings. The second kappa shape index (κ2) is 13.8. The Morgan fingerprint density at radius 3 is 2.46 bits per heavy atom. The van der Waals surface area contributed by atoms with Crippen LogP contribution < -0.4 is 16.0 Å². The average molecular weight is 626 g/mol. The third-order valence-corrected chi connectivity index (χ3v) is 8.56. The van der Waals surface area contributed by atoms with E-state index >= 15 is 0 Å². The lowest BCUT2D eigenvalue weighted by Gasteiger charge is -2.26. The second-order valence-electron chi connectivity index (χ2n) is 13.4. The number of carbonyl (C=O) groups excluding carboxylic acids is 3. The van der Waals surface area contributed by atoms with Crippen LogP contribution in [0.3, 0.4) is 0 Å². The molecular weight excluding hydrogens is 582 g/mol.